The van der Waals surface area contributed by atoms with E-state index >= 15 is 0 Å². The molecule has 0 radical (unpaired) electrons. The zero-order chi connectivity index (χ0) is 12.7. The summed E-state index contributed by atoms with van der Waals surface area (Å²) in [5.74, 6) is 0.0143. The van der Waals surface area contributed by atoms with Crippen LogP contribution in [0, 0.1) is 0 Å². The van der Waals surface area contributed by atoms with Gasteiger partial charge in [0.1, 0.15) is 11.8 Å². The van der Waals surface area contributed by atoms with Crippen molar-refractivity contribution in [2.75, 3.05) is 6.54 Å². The van der Waals surface area contributed by atoms with E-state index < -0.39 is 0 Å². The van der Waals surface area contributed by atoms with Crippen LogP contribution in [0.1, 0.15) is 23.7 Å². The Morgan fingerprint density at radius 3 is 2.94 bits per heavy atom. The number of fused-ring (bicyclic) bond motifs is 1. The molecular weight excluding hydrogens is 228 g/mol. The first-order valence-electron chi connectivity index (χ1n) is 6.21. The molecule has 4 heteroatoms. The number of para-hydroxylation sites is 1. The molecule has 2 unspecified atom stereocenters. The first-order valence-corrected chi connectivity index (χ1v) is 6.21. The lowest BCUT2D eigenvalue weighted by Gasteiger charge is -2.22. The van der Waals surface area contributed by atoms with Crippen LogP contribution >= 0.6 is 0 Å². The van der Waals surface area contributed by atoms with Gasteiger partial charge in [0.05, 0.1) is 5.56 Å². The van der Waals surface area contributed by atoms with Gasteiger partial charge in [-0.25, -0.2) is 0 Å². The molecule has 0 saturated carbocycles. The van der Waals surface area contributed by atoms with Crippen molar-refractivity contribution in [2.45, 2.75) is 25.4 Å². The number of nitrogens with two attached hydrogens (primary N) is 1. The quantitative estimate of drug-likeness (QED) is 0.834. The molecule has 0 bridgehead atoms. The van der Waals surface area contributed by atoms with E-state index in [2.05, 4.69) is 0 Å². The standard InChI is InChI=1S/C14H16N2O2/c1-9-12(15)6-7-16(9)14(17)11-8-18-13-5-3-2-4-10(11)13/h2-5,8-9,12H,6-7,15H2,1H3. The molecule has 2 aromatic rings. The maximum Gasteiger partial charge on any atom is 0.258 e. The number of likely N-dealkylation sites (tertiary alicyclic amines) is 1. The summed E-state index contributed by atoms with van der Waals surface area (Å²) in [6.45, 7) is 2.72. The second-order valence-electron chi connectivity index (χ2n) is 4.84. The van der Waals surface area contributed by atoms with Gasteiger partial charge in [0.15, 0.2) is 0 Å². The van der Waals surface area contributed by atoms with E-state index in [4.69, 9.17) is 10.2 Å². The van der Waals surface area contributed by atoms with Crippen molar-refractivity contribution < 1.29 is 9.21 Å². The van der Waals surface area contributed by atoms with Crippen molar-refractivity contribution in [1.29, 1.82) is 0 Å². The predicted octanol–water partition coefficient (Wildman–Crippen LogP) is 1.99. The van der Waals surface area contributed by atoms with Gasteiger partial charge in [-0.1, -0.05) is 18.2 Å². The molecule has 18 heavy (non-hydrogen) atoms. The molecule has 94 valence electrons. The maximum absolute atomic E-state index is 12.5. The lowest BCUT2D eigenvalue weighted by Crippen LogP contribution is -2.40. The second-order valence-corrected chi connectivity index (χ2v) is 4.84. The van der Waals surface area contributed by atoms with Gasteiger partial charge in [-0.2, -0.15) is 0 Å². The van der Waals surface area contributed by atoms with Crippen LogP contribution in [-0.4, -0.2) is 29.4 Å². The normalized spacial score (nSPS) is 23.8. The Kier molecular flexibility index (Phi) is 2.59. The number of hydrogen-bond acceptors (Lipinski definition) is 3. The highest BCUT2D eigenvalue weighted by atomic mass is 16.3. The van der Waals surface area contributed by atoms with E-state index in [1.807, 2.05) is 36.1 Å². The highest BCUT2D eigenvalue weighted by molar-refractivity contribution is 6.06. The number of nitrogens with zero attached hydrogens (tertiary/aromatic N) is 1. The fourth-order valence-electron chi connectivity index (χ4n) is 2.55. The summed E-state index contributed by atoms with van der Waals surface area (Å²) < 4.78 is 5.41. The van der Waals surface area contributed by atoms with E-state index in [9.17, 15) is 4.79 Å². The molecule has 4 nitrogen and oxygen atoms in total. The summed E-state index contributed by atoms with van der Waals surface area (Å²) in [6, 6.07) is 7.75. The van der Waals surface area contributed by atoms with Gasteiger partial charge in [0.2, 0.25) is 0 Å². The van der Waals surface area contributed by atoms with Gasteiger partial charge >= 0.3 is 0 Å². The van der Waals surface area contributed by atoms with Crippen molar-refractivity contribution in [2.24, 2.45) is 5.73 Å². The van der Waals surface area contributed by atoms with Crippen molar-refractivity contribution in [3.8, 4) is 0 Å². The Labute approximate surface area is 105 Å². The molecule has 0 aliphatic carbocycles. The monoisotopic (exact) mass is 244 g/mol. The Hall–Kier alpha value is -1.81. The van der Waals surface area contributed by atoms with Crippen LogP contribution < -0.4 is 5.73 Å². The van der Waals surface area contributed by atoms with Gasteiger partial charge in [-0.15, -0.1) is 0 Å². The Morgan fingerprint density at radius 2 is 2.22 bits per heavy atom. The summed E-state index contributed by atoms with van der Waals surface area (Å²) in [7, 11) is 0. The third-order valence-corrected chi connectivity index (χ3v) is 3.79. The van der Waals surface area contributed by atoms with E-state index in [1.165, 1.54) is 0 Å². The average Bonchev–Trinajstić information content (AvgIpc) is 2.94. The molecule has 1 saturated heterocycles. The molecule has 2 atom stereocenters. The minimum absolute atomic E-state index is 0.0143. The smallest absolute Gasteiger partial charge is 0.258 e. The summed E-state index contributed by atoms with van der Waals surface area (Å²) in [4.78, 5) is 14.3. The van der Waals surface area contributed by atoms with E-state index in [-0.39, 0.29) is 18.0 Å². The number of rotatable bonds is 1. The van der Waals surface area contributed by atoms with Gasteiger partial charge in [-0.05, 0) is 19.4 Å². The number of carbonyl (C=O) groups is 1. The predicted molar refractivity (Wildman–Crippen MR) is 69.3 cm³/mol. The number of benzene rings is 1. The van der Waals surface area contributed by atoms with Crippen molar-refractivity contribution >= 4 is 16.9 Å². The van der Waals surface area contributed by atoms with Crippen molar-refractivity contribution in [3.63, 3.8) is 0 Å². The summed E-state index contributed by atoms with van der Waals surface area (Å²) in [6.07, 6.45) is 2.41. The number of amides is 1. The molecule has 0 spiro atoms. The highest BCUT2D eigenvalue weighted by Gasteiger charge is 2.33. The third-order valence-electron chi connectivity index (χ3n) is 3.79. The van der Waals surface area contributed by atoms with Crippen molar-refractivity contribution in [3.05, 3.63) is 36.1 Å². The molecule has 1 amide bonds. The van der Waals surface area contributed by atoms with Gasteiger partial charge in [0, 0.05) is 24.0 Å². The Balaban J connectivity index is 1.98. The van der Waals surface area contributed by atoms with Crippen LogP contribution in [0.5, 0.6) is 0 Å². The molecule has 1 aliphatic heterocycles. The topological polar surface area (TPSA) is 59.5 Å². The van der Waals surface area contributed by atoms with Crippen LogP contribution in [0.4, 0.5) is 0 Å². The molecule has 3 rings (SSSR count). The molecule has 1 fully saturated rings. The van der Waals surface area contributed by atoms with Crippen molar-refractivity contribution in [1.82, 2.24) is 4.90 Å². The highest BCUT2D eigenvalue weighted by Crippen LogP contribution is 2.25. The van der Waals surface area contributed by atoms with Gasteiger partial charge in [-0.3, -0.25) is 4.79 Å². The molecule has 1 aromatic heterocycles. The van der Waals surface area contributed by atoms with E-state index in [0.29, 0.717) is 5.56 Å². The third kappa shape index (κ3) is 1.61. The zero-order valence-corrected chi connectivity index (χ0v) is 10.3. The minimum Gasteiger partial charge on any atom is -0.463 e. The average molecular weight is 244 g/mol. The molecule has 1 aliphatic rings. The first-order chi connectivity index (χ1) is 8.68. The lowest BCUT2D eigenvalue weighted by atomic mass is 10.1. The largest absolute Gasteiger partial charge is 0.463 e. The van der Waals surface area contributed by atoms with Crippen LogP contribution in [-0.2, 0) is 0 Å². The zero-order valence-electron chi connectivity index (χ0n) is 10.3. The first kappa shape index (κ1) is 11.3. The SMILES string of the molecule is CC1C(N)CCN1C(=O)c1coc2ccccc12. The van der Waals surface area contributed by atoms with Crippen LogP contribution in [0.25, 0.3) is 11.0 Å². The number of hydrogen-bond donors (Lipinski definition) is 1. The summed E-state index contributed by atoms with van der Waals surface area (Å²) in [5, 5.41) is 0.871. The molecular formula is C14H16N2O2. The van der Waals surface area contributed by atoms with Crippen LogP contribution in [0.3, 0.4) is 0 Å². The fourth-order valence-corrected chi connectivity index (χ4v) is 2.55. The van der Waals surface area contributed by atoms with Gasteiger partial charge < -0.3 is 15.1 Å². The minimum atomic E-state index is 0.0143. The lowest BCUT2D eigenvalue weighted by molar-refractivity contribution is 0.0743. The van der Waals surface area contributed by atoms with E-state index in [0.717, 1.165) is 23.9 Å². The number of carbonyl (C=O) groups excluding carboxylic acids is 1. The maximum atomic E-state index is 12.5. The molecule has 2 heterocycles. The fraction of sp³-hybridized carbons (Fsp3) is 0.357. The van der Waals surface area contributed by atoms with E-state index in [1.54, 1.807) is 6.26 Å². The molecule has 1 aromatic carbocycles. The van der Waals surface area contributed by atoms with Gasteiger partial charge in [0.25, 0.3) is 5.91 Å². The van der Waals surface area contributed by atoms with Crippen LogP contribution in [0.2, 0.25) is 0 Å². The molecule has 2 N–H and O–H groups in total. The number of furan rings is 1. The summed E-state index contributed by atoms with van der Waals surface area (Å²) >= 11 is 0. The summed E-state index contributed by atoms with van der Waals surface area (Å²) in [5.41, 5.74) is 7.33. The van der Waals surface area contributed by atoms with Crippen LogP contribution in [0.15, 0.2) is 34.9 Å². The Bertz CT molecular complexity index is 590. The second kappa shape index (κ2) is 4.14. The Morgan fingerprint density at radius 1 is 1.44 bits per heavy atom.